The summed E-state index contributed by atoms with van der Waals surface area (Å²) in [5.74, 6) is 0.833. The molecule has 1 saturated carbocycles. The van der Waals surface area contributed by atoms with Gasteiger partial charge in [0.25, 0.3) is 0 Å². The van der Waals surface area contributed by atoms with E-state index < -0.39 is 10.8 Å². The molecule has 0 spiro atoms. The predicted molar refractivity (Wildman–Crippen MR) is 98.2 cm³/mol. The molecule has 1 fully saturated rings. The molecule has 1 aliphatic rings. The number of aromatic nitrogens is 3. The maximum absolute atomic E-state index is 13.2. The van der Waals surface area contributed by atoms with Gasteiger partial charge in [-0.2, -0.15) is 0 Å². The molecule has 0 bridgehead atoms. The van der Waals surface area contributed by atoms with E-state index in [2.05, 4.69) is 14.8 Å². The van der Waals surface area contributed by atoms with Crippen LogP contribution in [0.25, 0.3) is 0 Å². The molecular weight excluding hydrogens is 365 g/mol. The topological polar surface area (TPSA) is 47.8 Å². The number of halogens is 2. The molecule has 4 nitrogen and oxygen atoms in total. The monoisotopic (exact) mass is 385 g/mol. The van der Waals surface area contributed by atoms with Crippen LogP contribution in [-0.2, 0) is 10.8 Å². The fraction of sp³-hybridized carbons (Fsp3) is 0.529. The minimum absolute atomic E-state index is 0.277. The van der Waals surface area contributed by atoms with Gasteiger partial charge in [0, 0.05) is 16.1 Å². The summed E-state index contributed by atoms with van der Waals surface area (Å²) in [6, 6.07) is 5.64. The Morgan fingerprint density at radius 1 is 1.21 bits per heavy atom. The Balaban J connectivity index is 1.92. The molecule has 1 aliphatic carbocycles. The van der Waals surface area contributed by atoms with Gasteiger partial charge in [0.15, 0.2) is 0 Å². The van der Waals surface area contributed by atoms with Crippen molar-refractivity contribution < 1.29 is 4.21 Å². The minimum atomic E-state index is -1.33. The molecule has 130 valence electrons. The normalized spacial score (nSPS) is 18.5. The fourth-order valence-electron chi connectivity index (χ4n) is 3.35. The third-order valence-corrected chi connectivity index (χ3v) is 6.77. The van der Waals surface area contributed by atoms with Crippen LogP contribution in [-0.4, -0.2) is 19.0 Å². The van der Waals surface area contributed by atoms with Gasteiger partial charge < -0.3 is 4.57 Å². The molecule has 1 aromatic heterocycles. The second-order valence-electron chi connectivity index (χ2n) is 6.30. The Hall–Kier alpha value is -0.910. The van der Waals surface area contributed by atoms with Gasteiger partial charge in [0.2, 0.25) is 5.16 Å². The summed E-state index contributed by atoms with van der Waals surface area (Å²) >= 11 is 12.2. The molecule has 2 atom stereocenters. The zero-order chi connectivity index (χ0) is 17.3. The highest BCUT2D eigenvalue weighted by Crippen LogP contribution is 2.35. The van der Waals surface area contributed by atoms with Crippen LogP contribution < -0.4 is 0 Å². The summed E-state index contributed by atoms with van der Waals surface area (Å²) in [6.07, 6.45) is 5.87. The Kier molecular flexibility index (Phi) is 5.63. The number of hydrogen-bond donors (Lipinski definition) is 0. The van der Waals surface area contributed by atoms with Gasteiger partial charge in [-0.25, -0.2) is 0 Å². The van der Waals surface area contributed by atoms with E-state index in [1.54, 1.807) is 12.1 Å². The summed E-state index contributed by atoms with van der Waals surface area (Å²) in [7, 11) is -1.33. The van der Waals surface area contributed by atoms with Crippen LogP contribution >= 0.6 is 23.2 Å². The van der Waals surface area contributed by atoms with Crippen LogP contribution in [0.1, 0.15) is 61.7 Å². The number of nitrogens with zero attached hydrogens (tertiary/aromatic N) is 3. The van der Waals surface area contributed by atoms with Crippen molar-refractivity contribution in [2.24, 2.45) is 0 Å². The summed E-state index contributed by atoms with van der Waals surface area (Å²) in [5.41, 5.74) is 0.815. The van der Waals surface area contributed by atoms with Crippen molar-refractivity contribution in [2.75, 3.05) is 0 Å². The fourth-order valence-corrected chi connectivity index (χ4v) is 5.34. The number of aryl methyl sites for hydroxylation is 1. The molecule has 7 heteroatoms. The first-order valence-corrected chi connectivity index (χ1v) is 10.2. The van der Waals surface area contributed by atoms with Gasteiger partial charge in [0.05, 0.1) is 16.0 Å². The van der Waals surface area contributed by atoms with Crippen LogP contribution in [0.2, 0.25) is 10.0 Å². The Morgan fingerprint density at radius 2 is 1.92 bits per heavy atom. The van der Waals surface area contributed by atoms with Gasteiger partial charge >= 0.3 is 0 Å². The number of benzene rings is 1. The Bertz CT molecular complexity index is 756. The van der Waals surface area contributed by atoms with E-state index in [1.807, 2.05) is 19.9 Å². The lowest BCUT2D eigenvalue weighted by Crippen LogP contribution is -2.19. The van der Waals surface area contributed by atoms with Crippen LogP contribution in [0, 0.1) is 6.92 Å². The van der Waals surface area contributed by atoms with E-state index in [9.17, 15) is 4.21 Å². The first kappa shape index (κ1) is 17.9. The number of rotatable bonds is 4. The standard InChI is InChI=1S/C17H21Cl2N3OS/c1-11(15-9-8-13(18)10-16(15)19)24(23)17-21-20-12(2)22(17)14-6-4-3-5-7-14/h8-11,14H,3-7H2,1-2H3/t11-,24-/m1/s1. The van der Waals surface area contributed by atoms with E-state index in [0.29, 0.717) is 21.2 Å². The average Bonchev–Trinajstić information content (AvgIpc) is 2.96. The molecule has 2 aromatic rings. The van der Waals surface area contributed by atoms with Crippen LogP contribution in [0.5, 0.6) is 0 Å². The third kappa shape index (κ3) is 3.53. The van der Waals surface area contributed by atoms with Crippen molar-refractivity contribution in [3.05, 3.63) is 39.6 Å². The lowest BCUT2D eigenvalue weighted by atomic mass is 9.95. The quantitative estimate of drug-likeness (QED) is 0.720. The van der Waals surface area contributed by atoms with Gasteiger partial charge in [-0.3, -0.25) is 4.21 Å². The van der Waals surface area contributed by atoms with Gasteiger partial charge in [-0.1, -0.05) is 48.5 Å². The molecule has 0 amide bonds. The molecule has 1 aromatic carbocycles. The van der Waals surface area contributed by atoms with Crippen LogP contribution in [0.4, 0.5) is 0 Å². The molecular formula is C17H21Cl2N3OS. The zero-order valence-electron chi connectivity index (χ0n) is 13.8. The predicted octanol–water partition coefficient (Wildman–Crippen LogP) is 5.27. The highest BCUT2D eigenvalue weighted by Gasteiger charge is 2.28. The van der Waals surface area contributed by atoms with E-state index in [1.165, 1.54) is 19.3 Å². The molecule has 0 saturated heterocycles. The van der Waals surface area contributed by atoms with Crippen molar-refractivity contribution in [3.8, 4) is 0 Å². The summed E-state index contributed by atoms with van der Waals surface area (Å²) < 4.78 is 15.2. The lowest BCUT2D eigenvalue weighted by Gasteiger charge is -2.25. The maximum Gasteiger partial charge on any atom is 0.222 e. The van der Waals surface area contributed by atoms with E-state index >= 15 is 0 Å². The molecule has 0 N–H and O–H groups in total. The largest absolute Gasteiger partial charge is 0.301 e. The average molecular weight is 386 g/mol. The molecule has 3 rings (SSSR count). The molecule has 24 heavy (non-hydrogen) atoms. The second-order valence-corrected chi connectivity index (χ2v) is 8.81. The van der Waals surface area contributed by atoms with Gasteiger partial charge in [-0.05, 0) is 44.4 Å². The van der Waals surface area contributed by atoms with Crippen molar-refractivity contribution in [2.45, 2.75) is 62.4 Å². The van der Waals surface area contributed by atoms with E-state index in [-0.39, 0.29) is 5.25 Å². The molecule has 0 unspecified atom stereocenters. The zero-order valence-corrected chi connectivity index (χ0v) is 16.2. The van der Waals surface area contributed by atoms with Crippen LogP contribution in [0.3, 0.4) is 0 Å². The van der Waals surface area contributed by atoms with Crippen molar-refractivity contribution in [1.29, 1.82) is 0 Å². The molecule has 0 aliphatic heterocycles. The first-order chi connectivity index (χ1) is 11.5. The van der Waals surface area contributed by atoms with Crippen molar-refractivity contribution in [1.82, 2.24) is 14.8 Å². The first-order valence-electron chi connectivity index (χ1n) is 8.26. The number of hydrogen-bond acceptors (Lipinski definition) is 3. The van der Waals surface area contributed by atoms with E-state index in [4.69, 9.17) is 23.2 Å². The summed E-state index contributed by atoms with van der Waals surface area (Å²) in [4.78, 5) is 0. The van der Waals surface area contributed by atoms with Crippen LogP contribution in [0.15, 0.2) is 23.4 Å². The Morgan fingerprint density at radius 3 is 2.58 bits per heavy atom. The van der Waals surface area contributed by atoms with Gasteiger partial charge in [0.1, 0.15) is 5.82 Å². The lowest BCUT2D eigenvalue weighted by molar-refractivity contribution is 0.330. The third-order valence-electron chi connectivity index (χ3n) is 4.68. The van der Waals surface area contributed by atoms with Gasteiger partial charge in [-0.15, -0.1) is 10.2 Å². The van der Waals surface area contributed by atoms with Crippen molar-refractivity contribution in [3.63, 3.8) is 0 Å². The summed E-state index contributed by atoms with van der Waals surface area (Å²) in [6.45, 7) is 3.84. The van der Waals surface area contributed by atoms with E-state index in [0.717, 1.165) is 24.2 Å². The SMILES string of the molecule is Cc1nnc([S@](=O)[C@H](C)c2ccc(Cl)cc2Cl)n1C1CCCCC1. The second kappa shape index (κ2) is 7.54. The highest BCUT2D eigenvalue weighted by molar-refractivity contribution is 7.85. The molecule has 0 radical (unpaired) electrons. The smallest absolute Gasteiger partial charge is 0.222 e. The summed E-state index contributed by atoms with van der Waals surface area (Å²) in [5, 5.41) is 9.80. The van der Waals surface area contributed by atoms with Crippen molar-refractivity contribution >= 4 is 34.0 Å². The minimum Gasteiger partial charge on any atom is -0.301 e. The highest BCUT2D eigenvalue weighted by atomic mass is 35.5. The maximum atomic E-state index is 13.2. The Labute approximate surface area is 155 Å². The molecule has 1 heterocycles.